The molecule has 1 fully saturated rings. The van der Waals surface area contributed by atoms with Gasteiger partial charge in [0.25, 0.3) is 0 Å². The molecule has 0 radical (unpaired) electrons. The van der Waals surface area contributed by atoms with Gasteiger partial charge in [0.05, 0.1) is 26.2 Å². The molecule has 1 saturated heterocycles. The molecule has 1 N–H and O–H groups in total. The van der Waals surface area contributed by atoms with Crippen molar-refractivity contribution in [2.45, 2.75) is 19.4 Å². The van der Waals surface area contributed by atoms with Crippen LogP contribution in [0.4, 0.5) is 0 Å². The Morgan fingerprint density at radius 1 is 1.24 bits per heavy atom. The second-order valence-electron chi connectivity index (χ2n) is 5.60. The maximum absolute atomic E-state index is 12.0. The topological polar surface area (TPSA) is 65.4 Å². The first kappa shape index (κ1) is 12.5. The SMILES string of the molecule is O=c1oc2ccccc2c2c1nnn2CC[NH+]1CCCC1. The van der Waals surface area contributed by atoms with E-state index in [1.54, 1.807) is 11.0 Å². The van der Waals surface area contributed by atoms with Gasteiger partial charge in [-0.1, -0.05) is 17.3 Å². The summed E-state index contributed by atoms with van der Waals surface area (Å²) in [6.45, 7) is 4.26. The first-order valence-electron chi connectivity index (χ1n) is 7.41. The summed E-state index contributed by atoms with van der Waals surface area (Å²) in [4.78, 5) is 13.6. The lowest BCUT2D eigenvalue weighted by molar-refractivity contribution is -0.888. The van der Waals surface area contributed by atoms with E-state index in [1.165, 1.54) is 25.9 Å². The zero-order valence-electron chi connectivity index (χ0n) is 11.7. The lowest BCUT2D eigenvalue weighted by atomic mass is 10.2. The van der Waals surface area contributed by atoms with Gasteiger partial charge in [0.1, 0.15) is 11.1 Å². The average Bonchev–Trinajstić information content (AvgIpc) is 3.15. The van der Waals surface area contributed by atoms with E-state index in [1.807, 2.05) is 22.9 Å². The predicted molar refractivity (Wildman–Crippen MR) is 78.4 cm³/mol. The lowest BCUT2D eigenvalue weighted by Gasteiger charge is -2.11. The third kappa shape index (κ3) is 2.12. The van der Waals surface area contributed by atoms with E-state index >= 15 is 0 Å². The number of rotatable bonds is 3. The monoisotopic (exact) mass is 285 g/mol. The van der Waals surface area contributed by atoms with Crippen LogP contribution in [0.5, 0.6) is 0 Å². The van der Waals surface area contributed by atoms with Crippen molar-refractivity contribution in [2.75, 3.05) is 19.6 Å². The summed E-state index contributed by atoms with van der Waals surface area (Å²) < 4.78 is 7.14. The van der Waals surface area contributed by atoms with Crippen molar-refractivity contribution in [3.63, 3.8) is 0 Å². The average molecular weight is 285 g/mol. The molecule has 3 heterocycles. The molecule has 1 aliphatic rings. The predicted octanol–water partition coefficient (Wildman–Crippen LogP) is 0.216. The molecule has 4 rings (SSSR count). The number of nitrogens with one attached hydrogen (secondary N) is 1. The number of quaternary nitrogens is 1. The minimum absolute atomic E-state index is 0.324. The van der Waals surface area contributed by atoms with Crippen molar-refractivity contribution in [2.24, 2.45) is 0 Å². The second-order valence-corrected chi connectivity index (χ2v) is 5.60. The fourth-order valence-electron chi connectivity index (χ4n) is 3.16. The molecule has 6 heteroatoms. The van der Waals surface area contributed by atoms with E-state index in [0.717, 1.165) is 24.0 Å². The number of aromatic nitrogens is 3. The standard InChI is InChI=1S/C15H16N4O2/c20-15-13-14(11-5-1-2-6-12(11)21-15)19(17-16-13)10-9-18-7-3-4-8-18/h1-2,5-6H,3-4,7-10H2/p+1. The molecule has 0 spiro atoms. The number of benzene rings is 1. The summed E-state index contributed by atoms with van der Waals surface area (Å²) >= 11 is 0. The molecule has 108 valence electrons. The molecular weight excluding hydrogens is 268 g/mol. The smallest absolute Gasteiger partial charge is 0.366 e. The van der Waals surface area contributed by atoms with Crippen LogP contribution in [0.2, 0.25) is 0 Å². The van der Waals surface area contributed by atoms with Crippen molar-refractivity contribution in [3.8, 4) is 0 Å². The molecule has 0 saturated carbocycles. The van der Waals surface area contributed by atoms with Gasteiger partial charge in [-0.15, -0.1) is 5.10 Å². The van der Waals surface area contributed by atoms with Crippen LogP contribution in [0.3, 0.4) is 0 Å². The number of nitrogens with zero attached hydrogens (tertiary/aromatic N) is 3. The van der Waals surface area contributed by atoms with Crippen molar-refractivity contribution in [1.82, 2.24) is 15.0 Å². The zero-order valence-corrected chi connectivity index (χ0v) is 11.7. The van der Waals surface area contributed by atoms with E-state index in [4.69, 9.17) is 4.42 Å². The minimum atomic E-state index is -0.413. The Labute approximate surface area is 121 Å². The molecule has 6 nitrogen and oxygen atoms in total. The highest BCUT2D eigenvalue weighted by molar-refractivity contribution is 6.00. The fourth-order valence-corrected chi connectivity index (χ4v) is 3.16. The van der Waals surface area contributed by atoms with Crippen LogP contribution in [-0.2, 0) is 6.54 Å². The third-order valence-corrected chi connectivity index (χ3v) is 4.26. The van der Waals surface area contributed by atoms with Crippen molar-refractivity contribution < 1.29 is 9.32 Å². The van der Waals surface area contributed by atoms with Crippen LogP contribution in [0, 0.1) is 0 Å². The molecule has 0 aliphatic carbocycles. The van der Waals surface area contributed by atoms with Gasteiger partial charge in [0.2, 0.25) is 0 Å². The van der Waals surface area contributed by atoms with Crippen LogP contribution in [0.1, 0.15) is 12.8 Å². The molecule has 0 bridgehead atoms. The summed E-state index contributed by atoms with van der Waals surface area (Å²) in [6, 6.07) is 7.55. The van der Waals surface area contributed by atoms with Crippen LogP contribution >= 0.6 is 0 Å². The molecule has 0 amide bonds. The lowest BCUT2D eigenvalue weighted by Crippen LogP contribution is -3.10. The molecule has 1 aromatic carbocycles. The van der Waals surface area contributed by atoms with Gasteiger partial charge in [-0.25, -0.2) is 9.48 Å². The molecule has 1 aliphatic heterocycles. The van der Waals surface area contributed by atoms with E-state index in [2.05, 4.69) is 10.3 Å². The van der Waals surface area contributed by atoms with Gasteiger partial charge in [-0.05, 0) is 12.1 Å². The normalized spacial score (nSPS) is 16.2. The van der Waals surface area contributed by atoms with Crippen molar-refractivity contribution >= 4 is 22.0 Å². The number of likely N-dealkylation sites (tertiary alicyclic amines) is 1. The number of hydrogen-bond acceptors (Lipinski definition) is 4. The number of fused-ring (bicyclic) bond motifs is 3. The molecule has 3 aromatic rings. The Bertz CT molecular complexity index is 846. The summed E-state index contributed by atoms with van der Waals surface area (Å²) in [5, 5.41) is 9.07. The van der Waals surface area contributed by atoms with Crippen LogP contribution in [-0.4, -0.2) is 34.6 Å². The van der Waals surface area contributed by atoms with Gasteiger partial charge < -0.3 is 9.32 Å². The highest BCUT2D eigenvalue weighted by Crippen LogP contribution is 2.20. The van der Waals surface area contributed by atoms with Gasteiger partial charge >= 0.3 is 5.63 Å². The van der Waals surface area contributed by atoms with Crippen LogP contribution in [0.15, 0.2) is 33.5 Å². The molecule has 0 unspecified atom stereocenters. The molecule has 2 aromatic heterocycles. The van der Waals surface area contributed by atoms with Crippen LogP contribution < -0.4 is 10.5 Å². The zero-order chi connectivity index (χ0) is 14.2. The highest BCUT2D eigenvalue weighted by Gasteiger charge is 2.18. The fraction of sp³-hybridized carbons (Fsp3) is 0.400. The third-order valence-electron chi connectivity index (χ3n) is 4.26. The minimum Gasteiger partial charge on any atom is -0.421 e. The van der Waals surface area contributed by atoms with Gasteiger partial charge in [0, 0.05) is 18.2 Å². The summed E-state index contributed by atoms with van der Waals surface area (Å²) in [5.74, 6) is 0. The number of hydrogen-bond donors (Lipinski definition) is 1. The van der Waals surface area contributed by atoms with Crippen molar-refractivity contribution in [3.05, 3.63) is 34.7 Å². The maximum atomic E-state index is 12.0. The summed E-state index contributed by atoms with van der Waals surface area (Å²) in [5.41, 5.74) is 1.29. The first-order chi connectivity index (χ1) is 10.3. The Hall–Kier alpha value is -2.21. The molecule has 0 atom stereocenters. The van der Waals surface area contributed by atoms with E-state index < -0.39 is 5.63 Å². The largest absolute Gasteiger partial charge is 0.421 e. The van der Waals surface area contributed by atoms with E-state index in [9.17, 15) is 4.79 Å². The maximum Gasteiger partial charge on any atom is 0.366 e. The van der Waals surface area contributed by atoms with Gasteiger partial charge in [-0.2, -0.15) is 0 Å². The van der Waals surface area contributed by atoms with E-state index in [0.29, 0.717) is 11.1 Å². The summed E-state index contributed by atoms with van der Waals surface area (Å²) in [7, 11) is 0. The molecule has 21 heavy (non-hydrogen) atoms. The quantitative estimate of drug-likeness (QED) is 0.699. The first-order valence-corrected chi connectivity index (χ1v) is 7.41. The number of para-hydroxylation sites is 1. The molecular formula is C15H17N4O2+. The Morgan fingerprint density at radius 2 is 2.05 bits per heavy atom. The van der Waals surface area contributed by atoms with Crippen LogP contribution in [0.25, 0.3) is 22.0 Å². The Morgan fingerprint density at radius 3 is 2.90 bits per heavy atom. The van der Waals surface area contributed by atoms with Gasteiger partial charge in [0.15, 0.2) is 5.52 Å². The van der Waals surface area contributed by atoms with Gasteiger partial charge in [-0.3, -0.25) is 0 Å². The summed E-state index contributed by atoms with van der Waals surface area (Å²) in [6.07, 6.45) is 2.61. The van der Waals surface area contributed by atoms with E-state index in [-0.39, 0.29) is 0 Å². The Kier molecular flexibility index (Phi) is 2.96. The Balaban J connectivity index is 1.80. The van der Waals surface area contributed by atoms with Crippen molar-refractivity contribution in [1.29, 1.82) is 0 Å². The highest BCUT2D eigenvalue weighted by atomic mass is 16.4. The second kappa shape index (κ2) is 4.96.